The molecule has 0 saturated heterocycles. The van der Waals surface area contributed by atoms with Gasteiger partial charge in [0.05, 0.1) is 11.4 Å². The summed E-state index contributed by atoms with van der Waals surface area (Å²) in [5.41, 5.74) is 13.9. The third-order valence-electron chi connectivity index (χ3n) is 3.81. The fraction of sp³-hybridized carbons (Fsp3) is 0.111. The first kappa shape index (κ1) is 16.3. The number of rotatable bonds is 3. The molecule has 3 rings (SSSR count). The number of hydrazone groups is 1. The number of halogens is 1. The van der Waals surface area contributed by atoms with Gasteiger partial charge in [-0.3, -0.25) is 5.41 Å². The lowest BCUT2D eigenvalue weighted by Gasteiger charge is -2.06. The highest BCUT2D eigenvalue weighted by atomic mass is 79.9. The Bertz CT molecular complexity index is 938. The second kappa shape index (κ2) is 6.49. The Hall–Kier alpha value is -2.60. The smallest absolute Gasteiger partial charge is 0.206 e. The molecule has 0 aliphatic rings. The Kier molecular flexibility index (Phi) is 4.40. The molecule has 6 heteroatoms. The maximum atomic E-state index is 7.30. The average Bonchev–Trinajstić information content (AvgIpc) is 2.91. The summed E-state index contributed by atoms with van der Waals surface area (Å²) >= 11 is 3.53. The summed E-state index contributed by atoms with van der Waals surface area (Å²) in [6.07, 6.45) is 0. The third-order valence-corrected chi connectivity index (χ3v) is 4.30. The van der Waals surface area contributed by atoms with Crippen LogP contribution in [0.15, 0.2) is 52.0 Å². The molecule has 0 fully saturated rings. The first-order chi connectivity index (χ1) is 11.5. The highest BCUT2D eigenvalue weighted by molar-refractivity contribution is 9.10. The predicted molar refractivity (Wildman–Crippen MR) is 103 cm³/mol. The van der Waals surface area contributed by atoms with Crippen LogP contribution in [0, 0.1) is 12.3 Å². The predicted octanol–water partition coefficient (Wildman–Crippen LogP) is 4.11. The minimum atomic E-state index is -0.188. The zero-order valence-corrected chi connectivity index (χ0v) is 15.0. The van der Waals surface area contributed by atoms with Crippen LogP contribution < -0.4 is 11.2 Å². The number of guanidine groups is 1. The highest BCUT2D eigenvalue weighted by Crippen LogP contribution is 2.32. The fourth-order valence-corrected chi connectivity index (χ4v) is 3.04. The van der Waals surface area contributed by atoms with Crippen molar-refractivity contribution < 1.29 is 0 Å². The number of aromatic amines is 1. The van der Waals surface area contributed by atoms with E-state index in [1.165, 1.54) is 5.56 Å². The van der Waals surface area contributed by atoms with Crippen molar-refractivity contribution in [2.45, 2.75) is 13.8 Å². The second-order valence-corrected chi connectivity index (χ2v) is 6.57. The summed E-state index contributed by atoms with van der Waals surface area (Å²) in [5.74, 6) is -0.188. The number of hydrogen-bond acceptors (Lipinski definition) is 2. The summed E-state index contributed by atoms with van der Waals surface area (Å²) in [6, 6.07) is 14.4. The van der Waals surface area contributed by atoms with E-state index in [0.29, 0.717) is 0 Å². The molecule has 0 atom stereocenters. The number of benzene rings is 2. The van der Waals surface area contributed by atoms with Gasteiger partial charge in [0.2, 0.25) is 5.96 Å². The molecule has 0 aliphatic carbocycles. The molecular weight excluding hydrogens is 366 g/mol. The van der Waals surface area contributed by atoms with Gasteiger partial charge in [-0.25, -0.2) is 5.43 Å². The monoisotopic (exact) mass is 383 g/mol. The van der Waals surface area contributed by atoms with E-state index in [-0.39, 0.29) is 5.96 Å². The summed E-state index contributed by atoms with van der Waals surface area (Å²) in [7, 11) is 0. The van der Waals surface area contributed by atoms with Gasteiger partial charge in [0.25, 0.3) is 0 Å². The normalized spacial score (nSPS) is 11.7. The van der Waals surface area contributed by atoms with Gasteiger partial charge in [0.1, 0.15) is 0 Å². The zero-order chi connectivity index (χ0) is 17.3. The number of nitrogens with two attached hydrogens (primary N) is 1. The maximum absolute atomic E-state index is 7.30. The van der Waals surface area contributed by atoms with Crippen molar-refractivity contribution in [2.75, 3.05) is 0 Å². The van der Waals surface area contributed by atoms with Crippen LogP contribution in [0.2, 0.25) is 0 Å². The summed E-state index contributed by atoms with van der Waals surface area (Å²) in [5, 5.41) is 12.6. The van der Waals surface area contributed by atoms with Gasteiger partial charge in [-0.05, 0) is 37.6 Å². The van der Waals surface area contributed by atoms with Crippen molar-refractivity contribution >= 4 is 38.5 Å². The molecule has 0 spiro atoms. The lowest BCUT2D eigenvalue weighted by molar-refractivity contribution is 0.992. The number of aryl methyl sites for hydroxylation is 1. The van der Waals surface area contributed by atoms with Crippen LogP contribution in [-0.4, -0.2) is 16.7 Å². The molecule has 24 heavy (non-hydrogen) atoms. The molecule has 0 bridgehead atoms. The molecule has 0 saturated carbocycles. The van der Waals surface area contributed by atoms with E-state index in [1.54, 1.807) is 0 Å². The van der Waals surface area contributed by atoms with Crippen molar-refractivity contribution in [3.8, 4) is 11.3 Å². The molecule has 0 amide bonds. The molecule has 1 aromatic heterocycles. The number of hydrogen-bond donors (Lipinski definition) is 4. The molecule has 0 radical (unpaired) electrons. The average molecular weight is 384 g/mol. The zero-order valence-electron chi connectivity index (χ0n) is 13.4. The Morgan fingerprint density at radius 3 is 2.58 bits per heavy atom. The lowest BCUT2D eigenvalue weighted by atomic mass is 10.0. The highest BCUT2D eigenvalue weighted by Gasteiger charge is 2.16. The molecule has 3 aromatic rings. The summed E-state index contributed by atoms with van der Waals surface area (Å²) < 4.78 is 0.998. The van der Waals surface area contributed by atoms with E-state index in [4.69, 9.17) is 11.1 Å². The van der Waals surface area contributed by atoms with Gasteiger partial charge >= 0.3 is 0 Å². The molecular formula is C18H18BrN5. The second-order valence-electron chi connectivity index (χ2n) is 5.65. The molecule has 0 unspecified atom stereocenters. The maximum Gasteiger partial charge on any atom is 0.206 e. The van der Waals surface area contributed by atoms with E-state index in [1.807, 2.05) is 19.1 Å². The number of aromatic nitrogens is 1. The lowest BCUT2D eigenvalue weighted by Crippen LogP contribution is -2.26. The van der Waals surface area contributed by atoms with E-state index in [2.05, 4.69) is 68.7 Å². The van der Waals surface area contributed by atoms with Gasteiger partial charge in [-0.2, -0.15) is 5.10 Å². The van der Waals surface area contributed by atoms with Crippen molar-refractivity contribution in [1.29, 1.82) is 5.41 Å². The molecule has 5 nitrogen and oxygen atoms in total. The van der Waals surface area contributed by atoms with Crippen LogP contribution in [0.25, 0.3) is 22.2 Å². The standard InChI is InChI=1S/C18H18BrN5/c1-10-3-5-12(6-4-10)17-16(11(2)23-24-18(20)21)14-9-13(19)7-8-15(14)22-17/h3-9,22H,1-2H3,(H4,20,21,24)/b23-11-. The fourth-order valence-electron chi connectivity index (χ4n) is 2.68. The quantitative estimate of drug-likeness (QED) is 0.311. The number of H-pyrrole nitrogens is 1. The number of fused-ring (bicyclic) bond motifs is 1. The Labute approximate surface area is 148 Å². The Morgan fingerprint density at radius 1 is 1.21 bits per heavy atom. The van der Waals surface area contributed by atoms with Crippen molar-refractivity contribution in [3.63, 3.8) is 0 Å². The summed E-state index contributed by atoms with van der Waals surface area (Å²) in [4.78, 5) is 3.48. The first-order valence-electron chi connectivity index (χ1n) is 7.48. The van der Waals surface area contributed by atoms with Crippen LogP contribution >= 0.6 is 15.9 Å². The SMILES string of the molecule is C/C(=N/NC(=N)N)c1c(-c2ccc(C)cc2)[nH]c2ccc(Br)cc12. The van der Waals surface area contributed by atoms with E-state index >= 15 is 0 Å². The van der Waals surface area contributed by atoms with Crippen LogP contribution in [0.4, 0.5) is 0 Å². The van der Waals surface area contributed by atoms with E-state index in [9.17, 15) is 0 Å². The van der Waals surface area contributed by atoms with Crippen LogP contribution in [0.5, 0.6) is 0 Å². The minimum Gasteiger partial charge on any atom is -0.369 e. The molecule has 0 aliphatic heterocycles. The largest absolute Gasteiger partial charge is 0.369 e. The van der Waals surface area contributed by atoms with Gasteiger partial charge in [-0.1, -0.05) is 45.8 Å². The first-order valence-corrected chi connectivity index (χ1v) is 8.28. The van der Waals surface area contributed by atoms with Crippen LogP contribution in [-0.2, 0) is 0 Å². The minimum absolute atomic E-state index is 0.188. The Morgan fingerprint density at radius 2 is 1.92 bits per heavy atom. The van der Waals surface area contributed by atoms with Crippen LogP contribution in [0.3, 0.4) is 0 Å². The molecule has 5 N–H and O–H groups in total. The van der Waals surface area contributed by atoms with Gasteiger partial charge < -0.3 is 10.7 Å². The van der Waals surface area contributed by atoms with Gasteiger partial charge in [-0.15, -0.1) is 0 Å². The van der Waals surface area contributed by atoms with Crippen LogP contribution in [0.1, 0.15) is 18.1 Å². The van der Waals surface area contributed by atoms with Crippen molar-refractivity contribution in [1.82, 2.24) is 10.4 Å². The molecule has 2 aromatic carbocycles. The third kappa shape index (κ3) is 3.19. The Balaban J connectivity index is 2.24. The number of nitrogens with zero attached hydrogens (tertiary/aromatic N) is 1. The van der Waals surface area contributed by atoms with Gasteiger partial charge in [0.15, 0.2) is 0 Å². The van der Waals surface area contributed by atoms with E-state index < -0.39 is 0 Å². The van der Waals surface area contributed by atoms with Gasteiger partial charge in [0, 0.05) is 20.9 Å². The van der Waals surface area contributed by atoms with E-state index in [0.717, 1.165) is 37.9 Å². The number of nitrogens with one attached hydrogen (secondary N) is 3. The summed E-state index contributed by atoms with van der Waals surface area (Å²) in [6.45, 7) is 3.97. The molecule has 122 valence electrons. The van der Waals surface area contributed by atoms with Crippen molar-refractivity contribution in [2.24, 2.45) is 10.8 Å². The molecule has 1 heterocycles. The van der Waals surface area contributed by atoms with Crippen molar-refractivity contribution in [3.05, 3.63) is 58.1 Å². The topological polar surface area (TPSA) is 90.1 Å².